The van der Waals surface area contributed by atoms with Gasteiger partial charge < -0.3 is 38.8 Å². The number of rotatable bonds is 27. The minimum atomic E-state index is -1.32. The van der Waals surface area contributed by atoms with E-state index in [2.05, 4.69) is 0 Å². The first-order valence-corrected chi connectivity index (χ1v) is 26.0. The van der Waals surface area contributed by atoms with Crippen molar-refractivity contribution in [1.82, 2.24) is 4.90 Å². The van der Waals surface area contributed by atoms with Crippen molar-refractivity contribution >= 4 is 35.2 Å². The van der Waals surface area contributed by atoms with Gasteiger partial charge in [-0.3, -0.25) is 24.0 Å². The van der Waals surface area contributed by atoms with Gasteiger partial charge in [-0.05, 0) is 113 Å². The molecule has 4 unspecified atom stereocenters. The average molecular weight is 984 g/mol. The molecule has 3 rings (SSSR count). The lowest BCUT2D eigenvalue weighted by atomic mass is 9.78. The van der Waals surface area contributed by atoms with Crippen LogP contribution in [0.4, 0.5) is 0 Å². The van der Waals surface area contributed by atoms with Gasteiger partial charge >= 0.3 is 11.9 Å². The molecule has 1 aliphatic carbocycles. The molecule has 2 aliphatic heterocycles. The lowest BCUT2D eigenvalue weighted by molar-refractivity contribution is -0.167. The minimum Gasteiger partial charge on any atom is -0.462 e. The van der Waals surface area contributed by atoms with Gasteiger partial charge in [0.1, 0.15) is 36.2 Å². The highest BCUT2D eigenvalue weighted by Gasteiger charge is 2.42. The van der Waals surface area contributed by atoms with Crippen LogP contribution in [0.2, 0.25) is 0 Å². The maximum atomic E-state index is 14.1. The summed E-state index contributed by atoms with van der Waals surface area (Å²) in [4.78, 5) is 82.2. The van der Waals surface area contributed by atoms with Crippen molar-refractivity contribution in [3.8, 4) is 0 Å². The van der Waals surface area contributed by atoms with Gasteiger partial charge in [-0.2, -0.15) is 0 Å². The fourth-order valence-corrected chi connectivity index (χ4v) is 9.97. The summed E-state index contributed by atoms with van der Waals surface area (Å²) in [5.74, 6) is -3.89. The molecule has 0 aromatic carbocycles. The third kappa shape index (κ3) is 17.7. The first-order chi connectivity index (χ1) is 33.0. The summed E-state index contributed by atoms with van der Waals surface area (Å²) in [7, 11) is 4.61. The molecule has 14 nitrogen and oxygen atoms in total. The monoisotopic (exact) mass is 984 g/mol. The Hall–Kier alpha value is -3.82. The van der Waals surface area contributed by atoms with E-state index in [0.717, 1.165) is 24.8 Å². The van der Waals surface area contributed by atoms with Crippen molar-refractivity contribution < 1.29 is 62.7 Å². The number of cyclic esters (lactones) is 1. The first-order valence-electron chi connectivity index (χ1n) is 26.0. The molecule has 1 saturated carbocycles. The number of likely N-dealkylation sites (tertiary alicyclic amines) is 1. The molecule has 70 heavy (non-hydrogen) atoms. The van der Waals surface area contributed by atoms with Gasteiger partial charge in [0.25, 0.3) is 5.91 Å². The molecular formula is C56H89NO13. The Morgan fingerprint density at radius 3 is 2.23 bits per heavy atom. The molecule has 1 amide bonds. The number of piperidine rings is 1. The summed E-state index contributed by atoms with van der Waals surface area (Å²) in [5, 5.41) is 21.9. The highest BCUT2D eigenvalue weighted by atomic mass is 16.6. The summed E-state index contributed by atoms with van der Waals surface area (Å²) in [6.07, 6.45) is 14.1. The van der Waals surface area contributed by atoms with Crippen LogP contribution in [0.1, 0.15) is 153 Å². The highest BCUT2D eigenvalue weighted by Crippen LogP contribution is 2.35. The normalized spacial score (nSPS) is 26.4. The highest BCUT2D eigenvalue weighted by molar-refractivity contribution is 6.38. The van der Waals surface area contributed by atoms with E-state index >= 15 is 0 Å². The number of Topliss-reactive ketones (excluding diaryl/α,β-unsaturated/α-hetero) is 3. The van der Waals surface area contributed by atoms with Gasteiger partial charge in [-0.25, -0.2) is 4.79 Å². The zero-order valence-electron chi connectivity index (χ0n) is 44.8. The Bertz CT molecular complexity index is 1870. The van der Waals surface area contributed by atoms with Crippen LogP contribution in [-0.2, 0) is 52.5 Å². The summed E-state index contributed by atoms with van der Waals surface area (Å²) in [6.45, 7) is 18.5. The largest absolute Gasteiger partial charge is 0.462 e. The molecular weight excluding hydrogens is 895 g/mol. The molecule has 3 aliphatic rings. The number of amides is 1. The SMILES string of the molecule is CCC(C)(C)C(=O)C(=O)N1CCCCC1C(=O)O[C@@H](CC(=O)[C@H](C)/C=C(\C)[C@@H](O)[C@@H](OC)C(=O)[C@H](C)C[C@H](C)/C=C/C=C/C=C(\C)[C@H](CC1CCC(C)C(=O)O1)OC)[C@@H](C)CC1CC[C@@H](O)[C@H](OC)C1. The predicted octanol–water partition coefficient (Wildman–Crippen LogP) is 8.44. The van der Waals surface area contributed by atoms with Gasteiger partial charge in [0.2, 0.25) is 5.78 Å². The molecule has 3 fully saturated rings. The Balaban J connectivity index is 1.68. The molecule has 396 valence electrons. The van der Waals surface area contributed by atoms with E-state index in [0.29, 0.717) is 63.4 Å². The average Bonchev–Trinajstić information content (AvgIpc) is 3.33. The van der Waals surface area contributed by atoms with E-state index < -0.39 is 65.4 Å². The van der Waals surface area contributed by atoms with E-state index in [-0.39, 0.29) is 72.5 Å². The van der Waals surface area contributed by atoms with Crippen molar-refractivity contribution in [2.75, 3.05) is 27.9 Å². The third-order valence-corrected chi connectivity index (χ3v) is 15.3. The van der Waals surface area contributed by atoms with E-state index in [1.165, 1.54) is 12.0 Å². The zero-order valence-corrected chi connectivity index (χ0v) is 44.8. The lowest BCUT2D eigenvalue weighted by Crippen LogP contribution is -2.53. The zero-order chi connectivity index (χ0) is 52.5. The number of allylic oxidation sites excluding steroid dienone is 6. The van der Waals surface area contributed by atoms with Crippen LogP contribution < -0.4 is 0 Å². The van der Waals surface area contributed by atoms with Gasteiger partial charge in [0, 0.05) is 58.0 Å². The number of ketones is 3. The molecule has 0 aromatic rings. The smallest absolute Gasteiger partial charge is 0.329 e. The molecule has 14 atom stereocenters. The quantitative estimate of drug-likeness (QED) is 0.0345. The number of carbonyl (C=O) groups excluding carboxylic acids is 6. The van der Waals surface area contributed by atoms with Gasteiger partial charge in [-0.1, -0.05) is 91.8 Å². The second kappa shape index (κ2) is 29.0. The number of esters is 2. The lowest BCUT2D eigenvalue weighted by Gasteiger charge is -2.37. The summed E-state index contributed by atoms with van der Waals surface area (Å²) >= 11 is 0. The van der Waals surface area contributed by atoms with Crippen LogP contribution in [-0.4, -0.2) is 127 Å². The Morgan fingerprint density at radius 2 is 1.60 bits per heavy atom. The molecule has 0 spiro atoms. The van der Waals surface area contributed by atoms with Crippen LogP contribution >= 0.6 is 0 Å². The fourth-order valence-electron chi connectivity index (χ4n) is 9.97. The molecule has 2 saturated heterocycles. The number of hydrogen-bond acceptors (Lipinski definition) is 13. The van der Waals surface area contributed by atoms with Crippen molar-refractivity contribution in [3.63, 3.8) is 0 Å². The standard InChI is InChI=1S/C56H89NO13/c1-14-56(9,10)52(62)53(63)57-27-19-18-22-43(57)55(65)70-47(38(6)30-41-24-26-44(58)48(31-41)67-12)33-45(59)37(5)29-40(8)50(61)51(68-13)49(60)39(7)28-34(2)20-16-15-17-21-35(3)46(66-11)32-42-25-23-36(4)54(64)69-42/h15-17,20-21,29,34,36-39,41-44,46-48,50-51,58,61H,14,18-19,22-28,30-33H2,1-13H3/b17-15+,20-16+,35-21+,40-29+/t34-,36?,37-,38+,39-,41?,42?,43?,44-,46+,47+,48-,50-,51+/m1/s1. The molecule has 0 bridgehead atoms. The molecule has 0 radical (unpaired) electrons. The Kier molecular flexibility index (Phi) is 25.1. The number of aliphatic hydroxyl groups is 2. The second-order valence-corrected chi connectivity index (χ2v) is 21.5. The summed E-state index contributed by atoms with van der Waals surface area (Å²) in [5.41, 5.74) is 0.519. The van der Waals surface area contributed by atoms with Crippen LogP contribution in [0.15, 0.2) is 47.6 Å². The van der Waals surface area contributed by atoms with E-state index in [1.54, 1.807) is 48.0 Å². The molecule has 14 heteroatoms. The van der Waals surface area contributed by atoms with Gasteiger partial charge in [0.05, 0.1) is 24.2 Å². The fraction of sp³-hybridized carbons (Fsp3) is 0.750. The van der Waals surface area contributed by atoms with Crippen molar-refractivity contribution in [1.29, 1.82) is 0 Å². The van der Waals surface area contributed by atoms with Crippen molar-refractivity contribution in [2.45, 2.75) is 201 Å². The summed E-state index contributed by atoms with van der Waals surface area (Å²) in [6, 6.07) is -0.958. The number of ether oxygens (including phenoxy) is 5. The van der Waals surface area contributed by atoms with E-state index in [9.17, 15) is 39.0 Å². The number of carbonyl (C=O) groups is 6. The van der Waals surface area contributed by atoms with Crippen LogP contribution in [0.5, 0.6) is 0 Å². The Labute approximate surface area is 419 Å². The number of methoxy groups -OCH3 is 3. The van der Waals surface area contributed by atoms with Crippen LogP contribution in [0.25, 0.3) is 0 Å². The van der Waals surface area contributed by atoms with E-state index in [1.807, 2.05) is 71.9 Å². The predicted molar refractivity (Wildman–Crippen MR) is 269 cm³/mol. The number of nitrogens with zero attached hydrogens (tertiary/aromatic N) is 1. The van der Waals surface area contributed by atoms with Crippen molar-refractivity contribution in [2.24, 2.45) is 40.9 Å². The molecule has 0 aromatic heterocycles. The number of hydrogen-bond donors (Lipinski definition) is 2. The van der Waals surface area contributed by atoms with Gasteiger partial charge in [0.15, 0.2) is 5.78 Å². The van der Waals surface area contributed by atoms with Crippen LogP contribution in [0.3, 0.4) is 0 Å². The first kappa shape index (κ1) is 60.5. The second-order valence-electron chi connectivity index (χ2n) is 21.5. The molecule has 2 N–H and O–H groups in total. The topological polar surface area (TPSA) is 192 Å². The maximum absolute atomic E-state index is 14.1. The summed E-state index contributed by atoms with van der Waals surface area (Å²) < 4.78 is 28.7. The third-order valence-electron chi connectivity index (χ3n) is 15.3. The van der Waals surface area contributed by atoms with Gasteiger partial charge in [-0.15, -0.1) is 0 Å². The van der Waals surface area contributed by atoms with E-state index in [4.69, 9.17) is 23.7 Å². The van der Waals surface area contributed by atoms with Crippen molar-refractivity contribution in [3.05, 3.63) is 47.6 Å². The maximum Gasteiger partial charge on any atom is 0.329 e. The Morgan fingerprint density at radius 1 is 0.900 bits per heavy atom. The minimum absolute atomic E-state index is 0.0284. The number of aliphatic hydroxyl groups excluding tert-OH is 2. The molecule has 2 heterocycles. The van der Waals surface area contributed by atoms with Crippen LogP contribution in [0, 0.1) is 40.9 Å².